The maximum atomic E-state index is 12.3. The van der Waals surface area contributed by atoms with Gasteiger partial charge in [0.15, 0.2) is 0 Å². The van der Waals surface area contributed by atoms with Gasteiger partial charge in [0.25, 0.3) is 5.91 Å². The zero-order chi connectivity index (χ0) is 13.9. The highest BCUT2D eigenvalue weighted by Crippen LogP contribution is 2.27. The molecule has 2 atom stereocenters. The predicted octanol–water partition coefficient (Wildman–Crippen LogP) is 0.724. The number of hydrogen-bond donors (Lipinski definition) is 3. The Morgan fingerprint density at radius 2 is 2.30 bits per heavy atom. The van der Waals surface area contributed by atoms with Crippen molar-refractivity contribution in [1.82, 2.24) is 15.2 Å². The molecule has 2 aliphatic rings. The predicted molar refractivity (Wildman–Crippen MR) is 77.1 cm³/mol. The quantitative estimate of drug-likeness (QED) is 0.559. The molecule has 2 fully saturated rings. The first-order chi connectivity index (χ1) is 9.78. The van der Waals surface area contributed by atoms with Crippen LogP contribution < -0.4 is 16.6 Å². The van der Waals surface area contributed by atoms with Crippen molar-refractivity contribution in [2.24, 2.45) is 5.84 Å². The number of nitrogens with zero attached hydrogens (tertiary/aromatic N) is 2. The van der Waals surface area contributed by atoms with E-state index in [9.17, 15) is 4.79 Å². The average molecular weight is 275 g/mol. The fourth-order valence-corrected chi connectivity index (χ4v) is 3.33. The van der Waals surface area contributed by atoms with Crippen molar-refractivity contribution in [1.29, 1.82) is 0 Å². The molecule has 1 aromatic rings. The van der Waals surface area contributed by atoms with E-state index < -0.39 is 0 Å². The average Bonchev–Trinajstić information content (AvgIpc) is 2.94. The largest absolute Gasteiger partial charge is 0.349 e. The molecule has 1 aromatic heterocycles. The molecule has 2 aliphatic heterocycles. The Morgan fingerprint density at radius 1 is 1.40 bits per heavy atom. The van der Waals surface area contributed by atoms with E-state index in [1.54, 1.807) is 18.5 Å². The summed E-state index contributed by atoms with van der Waals surface area (Å²) < 4.78 is 0. The second-order valence-corrected chi connectivity index (χ2v) is 5.59. The van der Waals surface area contributed by atoms with E-state index in [-0.39, 0.29) is 11.9 Å². The minimum absolute atomic E-state index is 0.0724. The molecule has 3 heterocycles. The summed E-state index contributed by atoms with van der Waals surface area (Å²) in [6.45, 7) is 2.31. The third-order valence-electron chi connectivity index (χ3n) is 4.38. The number of hydrogen-bond acceptors (Lipinski definition) is 5. The van der Waals surface area contributed by atoms with Crippen LogP contribution in [0.25, 0.3) is 0 Å². The van der Waals surface area contributed by atoms with Gasteiger partial charge in [0.1, 0.15) is 0 Å². The highest BCUT2D eigenvalue weighted by atomic mass is 16.1. The molecule has 0 bridgehead atoms. The standard InChI is InChI=1S/C14H21N5O/c15-18-13-9-16-5-3-12(13)14(20)17-10-4-7-19-6-1-2-11(19)8-10/h3,5,9-11,18H,1-2,4,6-8,15H2,(H,17,20). The Labute approximate surface area is 118 Å². The van der Waals surface area contributed by atoms with Crippen LogP contribution in [-0.2, 0) is 0 Å². The summed E-state index contributed by atoms with van der Waals surface area (Å²) in [5.74, 6) is 5.34. The number of amides is 1. The van der Waals surface area contributed by atoms with Gasteiger partial charge < -0.3 is 15.6 Å². The maximum Gasteiger partial charge on any atom is 0.253 e. The van der Waals surface area contributed by atoms with Gasteiger partial charge in [0.05, 0.1) is 17.4 Å². The number of hydrazine groups is 1. The van der Waals surface area contributed by atoms with E-state index in [4.69, 9.17) is 5.84 Å². The Kier molecular flexibility index (Phi) is 3.84. The Morgan fingerprint density at radius 3 is 3.15 bits per heavy atom. The van der Waals surface area contributed by atoms with Crippen LogP contribution in [0.2, 0.25) is 0 Å². The SMILES string of the molecule is NNc1cnccc1C(=O)NC1CCN2CCCC2C1. The van der Waals surface area contributed by atoms with Gasteiger partial charge in [-0.1, -0.05) is 0 Å². The molecule has 3 rings (SSSR count). The Hall–Kier alpha value is -1.66. The fourth-order valence-electron chi connectivity index (χ4n) is 3.33. The van der Waals surface area contributed by atoms with Crippen molar-refractivity contribution in [2.45, 2.75) is 37.8 Å². The van der Waals surface area contributed by atoms with Crippen LogP contribution in [0.5, 0.6) is 0 Å². The molecular formula is C14H21N5O. The summed E-state index contributed by atoms with van der Waals surface area (Å²) in [5.41, 5.74) is 3.63. The van der Waals surface area contributed by atoms with E-state index in [1.165, 1.54) is 19.4 Å². The lowest BCUT2D eigenvalue weighted by atomic mass is 9.97. The number of piperidine rings is 1. The van der Waals surface area contributed by atoms with E-state index in [2.05, 4.69) is 20.6 Å². The molecule has 108 valence electrons. The van der Waals surface area contributed by atoms with E-state index in [0.717, 1.165) is 19.4 Å². The number of anilines is 1. The molecule has 6 nitrogen and oxygen atoms in total. The molecule has 2 saturated heterocycles. The van der Waals surface area contributed by atoms with Gasteiger partial charge in [-0.25, -0.2) is 0 Å². The van der Waals surface area contributed by atoms with Crippen molar-refractivity contribution >= 4 is 11.6 Å². The van der Waals surface area contributed by atoms with Crippen LogP contribution in [0.1, 0.15) is 36.0 Å². The highest BCUT2D eigenvalue weighted by Gasteiger charge is 2.32. The van der Waals surface area contributed by atoms with Gasteiger partial charge in [-0.2, -0.15) is 0 Å². The van der Waals surface area contributed by atoms with Crippen LogP contribution in [0.15, 0.2) is 18.5 Å². The van der Waals surface area contributed by atoms with Gasteiger partial charge in [0, 0.05) is 24.8 Å². The summed E-state index contributed by atoms with van der Waals surface area (Å²) in [6.07, 6.45) is 7.80. The Balaban J connectivity index is 1.64. The monoisotopic (exact) mass is 275 g/mol. The smallest absolute Gasteiger partial charge is 0.253 e. The molecule has 0 spiro atoms. The molecule has 20 heavy (non-hydrogen) atoms. The minimum atomic E-state index is -0.0724. The number of rotatable bonds is 3. The molecule has 0 aromatic carbocycles. The molecule has 0 saturated carbocycles. The summed E-state index contributed by atoms with van der Waals surface area (Å²) in [6, 6.07) is 2.61. The third-order valence-corrected chi connectivity index (χ3v) is 4.38. The van der Waals surface area contributed by atoms with Crippen molar-refractivity contribution in [2.75, 3.05) is 18.5 Å². The minimum Gasteiger partial charge on any atom is -0.349 e. The topological polar surface area (TPSA) is 83.3 Å². The number of carbonyl (C=O) groups is 1. The zero-order valence-electron chi connectivity index (χ0n) is 11.5. The van der Waals surface area contributed by atoms with Gasteiger partial charge in [-0.05, 0) is 38.3 Å². The van der Waals surface area contributed by atoms with Gasteiger partial charge in [0.2, 0.25) is 0 Å². The second-order valence-electron chi connectivity index (χ2n) is 5.59. The number of fused-ring (bicyclic) bond motifs is 1. The lowest BCUT2D eigenvalue weighted by molar-refractivity contribution is 0.0897. The number of aromatic nitrogens is 1. The van der Waals surface area contributed by atoms with Crippen molar-refractivity contribution in [3.05, 3.63) is 24.0 Å². The van der Waals surface area contributed by atoms with E-state index in [1.807, 2.05) is 0 Å². The van der Waals surface area contributed by atoms with E-state index >= 15 is 0 Å². The number of nitrogens with one attached hydrogen (secondary N) is 2. The maximum absolute atomic E-state index is 12.3. The highest BCUT2D eigenvalue weighted by molar-refractivity contribution is 5.99. The molecule has 1 amide bonds. The van der Waals surface area contributed by atoms with Crippen molar-refractivity contribution in [3.63, 3.8) is 0 Å². The normalized spacial score (nSPS) is 26.1. The molecule has 6 heteroatoms. The van der Waals surface area contributed by atoms with Gasteiger partial charge >= 0.3 is 0 Å². The van der Waals surface area contributed by atoms with Crippen LogP contribution in [0, 0.1) is 0 Å². The number of carbonyl (C=O) groups excluding carboxylic acids is 1. The molecule has 0 aliphatic carbocycles. The molecular weight excluding hydrogens is 254 g/mol. The van der Waals surface area contributed by atoms with Crippen LogP contribution in [0.4, 0.5) is 5.69 Å². The summed E-state index contributed by atoms with van der Waals surface area (Å²) in [5, 5.41) is 3.13. The zero-order valence-corrected chi connectivity index (χ0v) is 11.5. The number of nitrogen functional groups attached to an aromatic ring is 1. The summed E-state index contributed by atoms with van der Waals surface area (Å²) >= 11 is 0. The molecule has 0 radical (unpaired) electrons. The number of nitrogens with two attached hydrogens (primary N) is 1. The van der Waals surface area contributed by atoms with Crippen LogP contribution in [0.3, 0.4) is 0 Å². The fraction of sp³-hybridized carbons (Fsp3) is 0.571. The van der Waals surface area contributed by atoms with Crippen molar-refractivity contribution < 1.29 is 4.79 Å². The lowest BCUT2D eigenvalue weighted by Gasteiger charge is -2.35. The molecule has 4 N–H and O–H groups in total. The first-order valence-electron chi connectivity index (χ1n) is 7.23. The van der Waals surface area contributed by atoms with Crippen LogP contribution in [-0.4, -0.2) is 41.0 Å². The lowest BCUT2D eigenvalue weighted by Crippen LogP contribution is -2.47. The number of pyridine rings is 1. The van der Waals surface area contributed by atoms with Crippen molar-refractivity contribution in [3.8, 4) is 0 Å². The first kappa shape index (κ1) is 13.3. The third kappa shape index (κ3) is 2.62. The second kappa shape index (κ2) is 5.76. The summed E-state index contributed by atoms with van der Waals surface area (Å²) in [4.78, 5) is 18.8. The molecule has 2 unspecified atom stereocenters. The van der Waals surface area contributed by atoms with Crippen LogP contribution >= 0.6 is 0 Å². The van der Waals surface area contributed by atoms with E-state index in [0.29, 0.717) is 17.3 Å². The first-order valence-corrected chi connectivity index (χ1v) is 7.23. The van der Waals surface area contributed by atoms with Gasteiger partial charge in [-0.15, -0.1) is 0 Å². The Bertz CT molecular complexity index is 492. The summed E-state index contributed by atoms with van der Waals surface area (Å²) in [7, 11) is 0. The van der Waals surface area contributed by atoms with Gasteiger partial charge in [-0.3, -0.25) is 15.6 Å².